The molecule has 5 rings (SSSR count). The molecule has 1 unspecified atom stereocenters. The van der Waals surface area contributed by atoms with Gasteiger partial charge in [-0.15, -0.1) is 0 Å². The Hall–Kier alpha value is -3.40. The lowest BCUT2D eigenvalue weighted by atomic mass is 9.91. The first-order valence-corrected chi connectivity index (χ1v) is 11.0. The van der Waals surface area contributed by atoms with Gasteiger partial charge in [0, 0.05) is 11.6 Å². The number of ketones is 1. The minimum Gasteiger partial charge on any atom is -0.507 e. The summed E-state index contributed by atoms with van der Waals surface area (Å²) in [5.41, 5.74) is 1.60. The molecule has 0 spiro atoms. The molecule has 1 aliphatic heterocycles. The molecule has 0 radical (unpaired) electrons. The molecule has 4 nitrogen and oxygen atoms in total. The minimum atomic E-state index is -0.593. The van der Waals surface area contributed by atoms with Crippen LogP contribution in [0.25, 0.3) is 16.5 Å². The zero-order valence-electron chi connectivity index (χ0n) is 17.3. The molecule has 3 aromatic rings. The highest BCUT2D eigenvalue weighted by Gasteiger charge is 2.48. The number of nitrogens with zero attached hydrogens (tertiary/aromatic N) is 1. The summed E-state index contributed by atoms with van der Waals surface area (Å²) in [6.45, 7) is 0. The molecule has 1 N–H and O–H groups in total. The van der Waals surface area contributed by atoms with Crippen LogP contribution in [0.15, 0.2) is 78.4 Å². The van der Waals surface area contributed by atoms with Gasteiger partial charge in [-0.2, -0.15) is 0 Å². The van der Waals surface area contributed by atoms with Gasteiger partial charge in [-0.1, -0.05) is 86.0 Å². The summed E-state index contributed by atoms with van der Waals surface area (Å²) in [6.07, 6.45) is 5.06. The van der Waals surface area contributed by atoms with Gasteiger partial charge in [0.25, 0.3) is 11.7 Å². The molecule has 4 heteroatoms. The van der Waals surface area contributed by atoms with Crippen LogP contribution in [0.3, 0.4) is 0 Å². The Morgan fingerprint density at radius 3 is 2.23 bits per heavy atom. The summed E-state index contributed by atoms with van der Waals surface area (Å²) < 4.78 is 0. The van der Waals surface area contributed by atoms with Crippen LogP contribution >= 0.6 is 0 Å². The molecule has 3 aromatic carbocycles. The van der Waals surface area contributed by atoms with Crippen LogP contribution in [-0.2, 0) is 9.59 Å². The van der Waals surface area contributed by atoms with Crippen molar-refractivity contribution in [2.75, 3.05) is 0 Å². The molecule has 1 saturated carbocycles. The number of likely N-dealkylation sites (tertiary alicyclic amines) is 1. The van der Waals surface area contributed by atoms with Crippen LogP contribution in [0.5, 0.6) is 0 Å². The highest BCUT2D eigenvalue weighted by molar-refractivity contribution is 6.46. The van der Waals surface area contributed by atoms with E-state index in [1.807, 2.05) is 72.8 Å². The Morgan fingerprint density at radius 2 is 1.48 bits per heavy atom. The number of Topliss-reactive ketones (excluding diaryl/α,β-unsaturated/α-hetero) is 1. The molecule has 1 saturated heterocycles. The second-order valence-electron chi connectivity index (χ2n) is 8.47. The molecule has 0 aromatic heterocycles. The van der Waals surface area contributed by atoms with E-state index < -0.39 is 17.7 Å². The number of rotatable bonds is 3. The molecule has 1 atom stereocenters. The first kappa shape index (κ1) is 19.6. The predicted octanol–water partition coefficient (Wildman–Crippen LogP) is 5.59. The summed E-state index contributed by atoms with van der Waals surface area (Å²) >= 11 is 0. The molecule has 0 bridgehead atoms. The van der Waals surface area contributed by atoms with Crippen LogP contribution < -0.4 is 0 Å². The zero-order chi connectivity index (χ0) is 21.4. The molecule has 1 heterocycles. The molecule has 1 amide bonds. The number of aliphatic hydroxyl groups is 1. The van der Waals surface area contributed by atoms with Crippen LogP contribution in [-0.4, -0.2) is 27.7 Å². The van der Waals surface area contributed by atoms with E-state index in [1.165, 1.54) is 0 Å². The monoisotopic (exact) mass is 411 g/mol. The summed E-state index contributed by atoms with van der Waals surface area (Å²) in [5.74, 6) is -1.19. The average molecular weight is 412 g/mol. The fraction of sp³-hybridized carbons (Fsp3) is 0.259. The van der Waals surface area contributed by atoms with Crippen molar-refractivity contribution in [2.24, 2.45) is 0 Å². The maximum atomic E-state index is 13.2. The molecular formula is C27H25NO3. The largest absolute Gasteiger partial charge is 0.507 e. The normalized spacial score (nSPS) is 21.7. The van der Waals surface area contributed by atoms with E-state index >= 15 is 0 Å². The van der Waals surface area contributed by atoms with E-state index in [4.69, 9.17) is 0 Å². The minimum absolute atomic E-state index is 0.0253. The maximum Gasteiger partial charge on any atom is 0.295 e. The molecule has 156 valence electrons. The van der Waals surface area contributed by atoms with Gasteiger partial charge >= 0.3 is 0 Å². The van der Waals surface area contributed by atoms with Gasteiger partial charge in [-0.3, -0.25) is 9.59 Å². The van der Waals surface area contributed by atoms with E-state index in [1.54, 1.807) is 4.90 Å². The lowest BCUT2D eigenvalue weighted by Gasteiger charge is -2.35. The summed E-state index contributed by atoms with van der Waals surface area (Å²) in [7, 11) is 0. The number of hydrogen-bond acceptors (Lipinski definition) is 3. The smallest absolute Gasteiger partial charge is 0.295 e. The molecule has 31 heavy (non-hydrogen) atoms. The van der Waals surface area contributed by atoms with Crippen LogP contribution in [0.1, 0.15) is 49.3 Å². The highest BCUT2D eigenvalue weighted by atomic mass is 16.3. The Bertz CT molecular complexity index is 1180. The van der Waals surface area contributed by atoms with Crippen LogP contribution in [0.4, 0.5) is 0 Å². The number of aliphatic hydroxyl groups excluding tert-OH is 1. The quantitative estimate of drug-likeness (QED) is 0.347. The fourth-order valence-corrected chi connectivity index (χ4v) is 5.04. The van der Waals surface area contributed by atoms with E-state index in [2.05, 4.69) is 0 Å². The van der Waals surface area contributed by atoms with Gasteiger partial charge in [0.1, 0.15) is 5.76 Å². The third kappa shape index (κ3) is 3.42. The lowest BCUT2D eigenvalue weighted by molar-refractivity contribution is -0.141. The first-order valence-electron chi connectivity index (χ1n) is 11.0. The van der Waals surface area contributed by atoms with Gasteiger partial charge in [0.15, 0.2) is 0 Å². The summed E-state index contributed by atoms with van der Waals surface area (Å²) in [5, 5.41) is 13.3. The number of hydrogen-bond donors (Lipinski definition) is 1. The third-order valence-corrected chi connectivity index (χ3v) is 6.59. The van der Waals surface area contributed by atoms with Crippen LogP contribution in [0.2, 0.25) is 0 Å². The van der Waals surface area contributed by atoms with Gasteiger partial charge in [0.05, 0.1) is 11.6 Å². The van der Waals surface area contributed by atoms with Crippen molar-refractivity contribution < 1.29 is 14.7 Å². The van der Waals surface area contributed by atoms with Gasteiger partial charge in [-0.05, 0) is 35.2 Å². The fourth-order valence-electron chi connectivity index (χ4n) is 5.04. The SMILES string of the molecule is O=C1C(=O)N(C2CCCCC2)C(c2ccccc2)/C1=C(/O)c1ccc2ccccc2c1. The predicted molar refractivity (Wildman–Crippen MR) is 121 cm³/mol. The Labute approximate surface area is 181 Å². The van der Waals surface area contributed by atoms with E-state index in [9.17, 15) is 14.7 Å². The zero-order valence-corrected chi connectivity index (χ0v) is 17.3. The Kier molecular flexibility index (Phi) is 5.06. The van der Waals surface area contributed by atoms with Crippen molar-refractivity contribution in [3.63, 3.8) is 0 Å². The standard InChI is InChI=1S/C27H25NO3/c29-25(21-16-15-18-9-7-8-12-20(18)17-21)23-24(19-10-3-1-4-11-19)28(27(31)26(23)30)22-13-5-2-6-14-22/h1,3-4,7-12,15-17,22,24,29H,2,5-6,13-14H2/b25-23-. The molecular weight excluding hydrogens is 386 g/mol. The van der Waals surface area contributed by atoms with E-state index in [-0.39, 0.29) is 17.4 Å². The third-order valence-electron chi connectivity index (χ3n) is 6.59. The van der Waals surface area contributed by atoms with Gasteiger partial charge in [-0.25, -0.2) is 0 Å². The second kappa shape index (κ2) is 8.03. The number of amides is 1. The highest BCUT2D eigenvalue weighted by Crippen LogP contribution is 2.43. The number of fused-ring (bicyclic) bond motifs is 1. The molecule has 2 aliphatic rings. The topological polar surface area (TPSA) is 57.6 Å². The number of carbonyl (C=O) groups excluding carboxylic acids is 2. The maximum absolute atomic E-state index is 13.2. The van der Waals surface area contributed by atoms with Crippen molar-refractivity contribution >= 4 is 28.2 Å². The number of benzene rings is 3. The van der Waals surface area contributed by atoms with Crippen molar-refractivity contribution in [3.05, 3.63) is 89.5 Å². The average Bonchev–Trinajstić information content (AvgIpc) is 3.10. The lowest BCUT2D eigenvalue weighted by Crippen LogP contribution is -2.40. The first-order chi connectivity index (χ1) is 15.1. The summed E-state index contributed by atoms with van der Waals surface area (Å²) in [6, 6.07) is 22.6. The number of carbonyl (C=O) groups is 2. The second-order valence-corrected chi connectivity index (χ2v) is 8.47. The van der Waals surface area contributed by atoms with Crippen LogP contribution in [0, 0.1) is 0 Å². The van der Waals surface area contributed by atoms with E-state index in [0.717, 1.165) is 48.4 Å². The van der Waals surface area contributed by atoms with Gasteiger partial charge < -0.3 is 10.0 Å². The summed E-state index contributed by atoms with van der Waals surface area (Å²) in [4.78, 5) is 28.1. The Morgan fingerprint density at radius 1 is 0.806 bits per heavy atom. The Balaban J connectivity index is 1.67. The van der Waals surface area contributed by atoms with Crippen molar-refractivity contribution in [1.29, 1.82) is 0 Å². The van der Waals surface area contributed by atoms with Gasteiger partial charge in [0.2, 0.25) is 0 Å². The molecule has 2 fully saturated rings. The van der Waals surface area contributed by atoms with E-state index in [0.29, 0.717) is 5.56 Å². The van der Waals surface area contributed by atoms with Crippen molar-refractivity contribution in [3.8, 4) is 0 Å². The molecule has 1 aliphatic carbocycles. The van der Waals surface area contributed by atoms with Crippen molar-refractivity contribution in [2.45, 2.75) is 44.2 Å². The van der Waals surface area contributed by atoms with Crippen molar-refractivity contribution in [1.82, 2.24) is 4.90 Å².